The van der Waals surface area contributed by atoms with Gasteiger partial charge >= 0.3 is 0 Å². The van der Waals surface area contributed by atoms with Crippen molar-refractivity contribution < 1.29 is 0 Å². The Morgan fingerprint density at radius 2 is 2.39 bits per heavy atom. The maximum atomic E-state index is 12.1. The Morgan fingerprint density at radius 3 is 3.22 bits per heavy atom. The standard InChI is InChI=1S/C13H18N4O/c18-13-12-3-6-15-17(12)9-8-16(13)7-4-11-2-1-5-14-10-11/h3,6,8-9,11,14H,1-2,4-5,7,10H2. The molecule has 96 valence electrons. The van der Waals surface area contributed by atoms with E-state index in [1.165, 1.54) is 12.8 Å². The number of hydrogen-bond acceptors (Lipinski definition) is 3. The lowest BCUT2D eigenvalue weighted by Crippen LogP contribution is -2.31. The fourth-order valence-electron chi connectivity index (χ4n) is 2.63. The molecule has 1 fully saturated rings. The molecule has 1 unspecified atom stereocenters. The summed E-state index contributed by atoms with van der Waals surface area (Å²) in [5, 5.41) is 7.47. The molecule has 1 N–H and O–H groups in total. The zero-order valence-corrected chi connectivity index (χ0v) is 10.4. The highest BCUT2D eigenvalue weighted by Crippen LogP contribution is 2.14. The van der Waals surface area contributed by atoms with Crippen LogP contribution in [0.2, 0.25) is 0 Å². The van der Waals surface area contributed by atoms with Crippen molar-refractivity contribution in [2.45, 2.75) is 25.8 Å². The topological polar surface area (TPSA) is 51.3 Å². The molecule has 2 aromatic rings. The van der Waals surface area contributed by atoms with Crippen molar-refractivity contribution in [1.82, 2.24) is 19.5 Å². The first-order valence-electron chi connectivity index (χ1n) is 6.58. The highest BCUT2D eigenvalue weighted by molar-refractivity contribution is 5.42. The molecule has 5 heteroatoms. The minimum atomic E-state index is 0.0544. The van der Waals surface area contributed by atoms with E-state index in [1.54, 1.807) is 21.3 Å². The molecule has 0 amide bonds. The molecule has 1 aliphatic rings. The SMILES string of the molecule is O=c1c2ccnn2ccn1CCC1CCCNC1. The summed E-state index contributed by atoms with van der Waals surface area (Å²) in [6.07, 6.45) is 8.93. The van der Waals surface area contributed by atoms with Gasteiger partial charge in [-0.2, -0.15) is 5.10 Å². The van der Waals surface area contributed by atoms with Crippen molar-refractivity contribution in [1.29, 1.82) is 0 Å². The van der Waals surface area contributed by atoms with Gasteiger partial charge in [0.05, 0.1) is 6.20 Å². The summed E-state index contributed by atoms with van der Waals surface area (Å²) in [4.78, 5) is 12.1. The smallest absolute Gasteiger partial charge is 0.276 e. The monoisotopic (exact) mass is 246 g/mol. The summed E-state index contributed by atoms with van der Waals surface area (Å²) in [6, 6.07) is 1.76. The van der Waals surface area contributed by atoms with E-state index >= 15 is 0 Å². The van der Waals surface area contributed by atoms with E-state index in [0.717, 1.165) is 26.1 Å². The van der Waals surface area contributed by atoms with Gasteiger partial charge in [-0.1, -0.05) is 0 Å². The Balaban J connectivity index is 1.74. The fraction of sp³-hybridized carbons (Fsp3) is 0.538. The second kappa shape index (κ2) is 4.94. The Bertz CT molecular complexity index is 580. The predicted octanol–water partition coefficient (Wildman–Crippen LogP) is 0.886. The van der Waals surface area contributed by atoms with Crippen LogP contribution >= 0.6 is 0 Å². The average molecular weight is 246 g/mol. The lowest BCUT2D eigenvalue weighted by atomic mass is 9.96. The van der Waals surface area contributed by atoms with Crippen LogP contribution in [0.5, 0.6) is 0 Å². The Morgan fingerprint density at radius 1 is 1.44 bits per heavy atom. The molecular weight excluding hydrogens is 228 g/mol. The molecule has 5 nitrogen and oxygen atoms in total. The van der Waals surface area contributed by atoms with Crippen LogP contribution in [0.3, 0.4) is 0 Å². The van der Waals surface area contributed by atoms with Gasteiger partial charge in [-0.15, -0.1) is 0 Å². The largest absolute Gasteiger partial charge is 0.316 e. The van der Waals surface area contributed by atoms with Crippen LogP contribution in [0, 0.1) is 5.92 Å². The van der Waals surface area contributed by atoms with E-state index in [9.17, 15) is 4.79 Å². The summed E-state index contributed by atoms with van der Waals surface area (Å²) in [6.45, 7) is 3.02. The van der Waals surface area contributed by atoms with Gasteiger partial charge in [0.1, 0.15) is 5.52 Å². The molecule has 1 atom stereocenters. The van der Waals surface area contributed by atoms with Gasteiger partial charge in [-0.05, 0) is 44.3 Å². The first kappa shape index (κ1) is 11.5. The number of rotatable bonds is 3. The van der Waals surface area contributed by atoms with E-state index in [-0.39, 0.29) is 5.56 Å². The maximum Gasteiger partial charge on any atom is 0.276 e. The van der Waals surface area contributed by atoms with Crippen LogP contribution in [0.15, 0.2) is 29.5 Å². The summed E-state index contributed by atoms with van der Waals surface area (Å²) in [7, 11) is 0. The van der Waals surface area contributed by atoms with Crippen LogP contribution in [-0.2, 0) is 6.54 Å². The van der Waals surface area contributed by atoms with Crippen LogP contribution in [0.4, 0.5) is 0 Å². The molecule has 0 aromatic carbocycles. The third kappa shape index (κ3) is 2.18. The third-order valence-corrected chi connectivity index (χ3v) is 3.72. The first-order chi connectivity index (χ1) is 8.84. The second-order valence-corrected chi connectivity index (χ2v) is 4.96. The Kier molecular flexibility index (Phi) is 3.15. The molecule has 0 spiro atoms. The molecule has 18 heavy (non-hydrogen) atoms. The number of fused-ring (bicyclic) bond motifs is 1. The normalized spacial score (nSPS) is 20.3. The van der Waals surface area contributed by atoms with Gasteiger partial charge in [0.2, 0.25) is 0 Å². The summed E-state index contributed by atoms with van der Waals surface area (Å²) >= 11 is 0. The molecule has 1 aliphatic heterocycles. The zero-order valence-electron chi connectivity index (χ0n) is 10.4. The van der Waals surface area contributed by atoms with E-state index in [1.807, 2.05) is 12.4 Å². The van der Waals surface area contributed by atoms with Gasteiger partial charge in [0, 0.05) is 18.9 Å². The van der Waals surface area contributed by atoms with Gasteiger partial charge in [-0.3, -0.25) is 4.79 Å². The lowest BCUT2D eigenvalue weighted by molar-refractivity contribution is 0.340. The highest BCUT2D eigenvalue weighted by atomic mass is 16.1. The molecule has 0 saturated carbocycles. The minimum absolute atomic E-state index is 0.0544. The van der Waals surface area contributed by atoms with Crippen LogP contribution < -0.4 is 10.9 Å². The quantitative estimate of drug-likeness (QED) is 0.875. The van der Waals surface area contributed by atoms with Gasteiger partial charge in [0.15, 0.2) is 0 Å². The van der Waals surface area contributed by atoms with Crippen molar-refractivity contribution in [2.75, 3.05) is 13.1 Å². The van der Waals surface area contributed by atoms with Crippen molar-refractivity contribution >= 4 is 5.52 Å². The fourth-order valence-corrected chi connectivity index (χ4v) is 2.63. The number of hydrogen-bond donors (Lipinski definition) is 1. The summed E-state index contributed by atoms with van der Waals surface area (Å²) in [5.74, 6) is 0.701. The van der Waals surface area contributed by atoms with Crippen LogP contribution in [0.25, 0.3) is 5.52 Å². The number of aromatic nitrogens is 3. The molecule has 1 saturated heterocycles. The Labute approximate surface area is 105 Å². The minimum Gasteiger partial charge on any atom is -0.316 e. The predicted molar refractivity (Wildman–Crippen MR) is 69.7 cm³/mol. The Hall–Kier alpha value is -1.62. The number of nitrogens with zero attached hydrogens (tertiary/aromatic N) is 3. The molecule has 0 aliphatic carbocycles. The van der Waals surface area contributed by atoms with Gasteiger partial charge in [0.25, 0.3) is 5.56 Å². The summed E-state index contributed by atoms with van der Waals surface area (Å²) < 4.78 is 3.42. The van der Waals surface area contributed by atoms with E-state index in [4.69, 9.17) is 0 Å². The summed E-state index contributed by atoms with van der Waals surface area (Å²) in [5.41, 5.74) is 0.707. The van der Waals surface area contributed by atoms with Crippen LogP contribution in [0.1, 0.15) is 19.3 Å². The van der Waals surface area contributed by atoms with Gasteiger partial charge in [-0.25, -0.2) is 4.52 Å². The maximum absolute atomic E-state index is 12.1. The second-order valence-electron chi connectivity index (χ2n) is 4.96. The van der Waals surface area contributed by atoms with Crippen molar-refractivity contribution in [3.8, 4) is 0 Å². The van der Waals surface area contributed by atoms with E-state index < -0.39 is 0 Å². The van der Waals surface area contributed by atoms with Gasteiger partial charge < -0.3 is 9.88 Å². The highest BCUT2D eigenvalue weighted by Gasteiger charge is 2.13. The zero-order chi connectivity index (χ0) is 12.4. The lowest BCUT2D eigenvalue weighted by Gasteiger charge is -2.22. The van der Waals surface area contributed by atoms with Crippen molar-refractivity contribution in [3.05, 3.63) is 35.0 Å². The van der Waals surface area contributed by atoms with Crippen molar-refractivity contribution in [3.63, 3.8) is 0 Å². The molecule has 3 heterocycles. The molecular formula is C13H18N4O. The third-order valence-electron chi connectivity index (χ3n) is 3.72. The number of piperidine rings is 1. The van der Waals surface area contributed by atoms with E-state index in [2.05, 4.69) is 10.4 Å². The molecule has 3 rings (SSSR count). The first-order valence-corrected chi connectivity index (χ1v) is 6.58. The number of nitrogens with one attached hydrogen (secondary N) is 1. The van der Waals surface area contributed by atoms with Crippen LogP contribution in [-0.4, -0.2) is 27.3 Å². The number of aryl methyl sites for hydroxylation is 1. The molecule has 0 bridgehead atoms. The molecule has 2 aromatic heterocycles. The van der Waals surface area contributed by atoms with E-state index in [0.29, 0.717) is 11.4 Å². The molecule has 0 radical (unpaired) electrons. The average Bonchev–Trinajstić information content (AvgIpc) is 2.88. The van der Waals surface area contributed by atoms with Crippen molar-refractivity contribution in [2.24, 2.45) is 5.92 Å².